The average Bonchev–Trinajstić information content (AvgIpc) is 3.10. The molecule has 1 aromatic heterocycles. The van der Waals surface area contributed by atoms with E-state index in [1.54, 1.807) is 14.0 Å². The lowest BCUT2D eigenvalue weighted by molar-refractivity contribution is 0.102. The Morgan fingerprint density at radius 1 is 1.03 bits per heavy atom. The van der Waals surface area contributed by atoms with Crippen LogP contribution in [0, 0.1) is 27.7 Å². The Hall–Kier alpha value is -3.39. The second-order valence-electron chi connectivity index (χ2n) is 7.64. The molecular weight excluding hydrogens is 424 g/mol. The Kier molecular flexibility index (Phi) is 7.48. The molecule has 3 amide bonds. The van der Waals surface area contributed by atoms with Gasteiger partial charge in [-0.05, 0) is 62.9 Å². The van der Waals surface area contributed by atoms with Gasteiger partial charge in [-0.15, -0.1) is 0 Å². The molecular formula is C24H28N4O3S. The van der Waals surface area contributed by atoms with Crippen LogP contribution in [0.4, 0.5) is 15.6 Å². The predicted octanol–water partition coefficient (Wildman–Crippen LogP) is 5.00. The fourth-order valence-corrected chi connectivity index (χ4v) is 4.35. The molecule has 0 spiro atoms. The van der Waals surface area contributed by atoms with Crippen molar-refractivity contribution in [3.63, 3.8) is 0 Å². The molecule has 7 nitrogen and oxygen atoms in total. The first-order valence-electron chi connectivity index (χ1n) is 10.3. The van der Waals surface area contributed by atoms with Gasteiger partial charge >= 0.3 is 6.03 Å². The smallest absolute Gasteiger partial charge is 0.321 e. The quantitative estimate of drug-likeness (QED) is 0.470. The first-order valence-corrected chi connectivity index (χ1v) is 11.1. The number of ether oxygens (including phenoxy) is 1. The molecule has 32 heavy (non-hydrogen) atoms. The first kappa shape index (κ1) is 23.3. The molecule has 0 radical (unpaired) electrons. The summed E-state index contributed by atoms with van der Waals surface area (Å²) in [5.41, 5.74) is 5.60. The van der Waals surface area contributed by atoms with Crippen molar-refractivity contribution in [1.29, 1.82) is 0 Å². The number of methoxy groups -OCH3 is 1. The summed E-state index contributed by atoms with van der Waals surface area (Å²) in [6.07, 6.45) is 0.671. The summed E-state index contributed by atoms with van der Waals surface area (Å²) in [6, 6.07) is 11.4. The highest BCUT2D eigenvalue weighted by atomic mass is 32.1. The second kappa shape index (κ2) is 10.3. The van der Waals surface area contributed by atoms with Crippen LogP contribution in [-0.2, 0) is 6.42 Å². The monoisotopic (exact) mass is 452 g/mol. The van der Waals surface area contributed by atoms with Crippen molar-refractivity contribution in [3.8, 4) is 5.75 Å². The van der Waals surface area contributed by atoms with E-state index in [9.17, 15) is 9.59 Å². The molecule has 3 N–H and O–H groups in total. The lowest BCUT2D eigenvalue weighted by Gasteiger charge is -2.12. The van der Waals surface area contributed by atoms with E-state index in [1.807, 2.05) is 57.2 Å². The van der Waals surface area contributed by atoms with E-state index in [-0.39, 0.29) is 11.9 Å². The third kappa shape index (κ3) is 5.85. The number of amides is 3. The van der Waals surface area contributed by atoms with Crippen molar-refractivity contribution in [2.45, 2.75) is 34.1 Å². The van der Waals surface area contributed by atoms with E-state index < -0.39 is 0 Å². The Labute approximate surface area is 192 Å². The summed E-state index contributed by atoms with van der Waals surface area (Å²) < 4.78 is 5.21. The van der Waals surface area contributed by atoms with Crippen LogP contribution in [-0.4, -0.2) is 30.6 Å². The van der Waals surface area contributed by atoms with Gasteiger partial charge in [0, 0.05) is 12.2 Å². The van der Waals surface area contributed by atoms with E-state index in [1.165, 1.54) is 0 Å². The number of urea groups is 1. The number of thiazole rings is 1. The Balaban J connectivity index is 1.57. The van der Waals surface area contributed by atoms with Crippen molar-refractivity contribution in [1.82, 2.24) is 10.3 Å². The van der Waals surface area contributed by atoms with Crippen LogP contribution in [0.15, 0.2) is 36.4 Å². The van der Waals surface area contributed by atoms with Gasteiger partial charge in [-0.1, -0.05) is 41.2 Å². The molecule has 0 saturated heterocycles. The summed E-state index contributed by atoms with van der Waals surface area (Å²) in [6.45, 7) is 8.18. The summed E-state index contributed by atoms with van der Waals surface area (Å²) in [4.78, 5) is 29.9. The number of aromatic nitrogens is 1. The first-order chi connectivity index (χ1) is 15.3. The van der Waals surface area contributed by atoms with Gasteiger partial charge < -0.3 is 15.4 Å². The predicted molar refractivity (Wildman–Crippen MR) is 129 cm³/mol. The molecule has 0 unspecified atom stereocenters. The topological polar surface area (TPSA) is 92.3 Å². The molecule has 0 bridgehead atoms. The van der Waals surface area contributed by atoms with E-state index in [0.717, 1.165) is 45.0 Å². The standard InChI is InChI=1S/C24H28N4O3S/c1-14-11-15(2)20(16(3)12-14)27-22(29)21-17(4)26-24(32-21)28-23(30)25-10-9-18-7-6-8-19(13-18)31-5/h6-8,11-13H,9-10H2,1-5H3,(H,27,29)(H2,25,26,28,30). The zero-order valence-electron chi connectivity index (χ0n) is 19.0. The van der Waals surface area contributed by atoms with E-state index in [4.69, 9.17) is 4.74 Å². The van der Waals surface area contributed by atoms with Gasteiger partial charge in [0.15, 0.2) is 5.13 Å². The van der Waals surface area contributed by atoms with Gasteiger partial charge in [0.1, 0.15) is 10.6 Å². The average molecular weight is 453 g/mol. The van der Waals surface area contributed by atoms with E-state index in [0.29, 0.717) is 28.7 Å². The van der Waals surface area contributed by atoms with Crippen molar-refractivity contribution in [2.24, 2.45) is 0 Å². The molecule has 0 fully saturated rings. The van der Waals surface area contributed by atoms with Crippen LogP contribution in [0.2, 0.25) is 0 Å². The minimum atomic E-state index is -0.362. The Morgan fingerprint density at radius 3 is 2.44 bits per heavy atom. The number of nitrogens with zero attached hydrogens (tertiary/aromatic N) is 1. The van der Waals surface area contributed by atoms with Gasteiger partial charge in [0.05, 0.1) is 12.8 Å². The molecule has 168 valence electrons. The molecule has 0 aliphatic rings. The third-order valence-electron chi connectivity index (χ3n) is 4.97. The van der Waals surface area contributed by atoms with Crippen molar-refractivity contribution < 1.29 is 14.3 Å². The number of hydrogen-bond donors (Lipinski definition) is 3. The summed E-state index contributed by atoms with van der Waals surface area (Å²) in [5.74, 6) is 0.550. The van der Waals surface area contributed by atoms with Crippen LogP contribution in [0.1, 0.15) is 37.6 Å². The lowest BCUT2D eigenvalue weighted by atomic mass is 10.1. The SMILES string of the molecule is COc1cccc(CCNC(=O)Nc2nc(C)c(C(=O)Nc3c(C)cc(C)cc3C)s2)c1. The number of anilines is 2. The van der Waals surface area contributed by atoms with Gasteiger partial charge in [-0.25, -0.2) is 9.78 Å². The number of rotatable bonds is 7. The maximum absolute atomic E-state index is 12.8. The maximum Gasteiger partial charge on any atom is 0.321 e. The number of carbonyl (C=O) groups excluding carboxylic acids is 2. The molecule has 0 saturated carbocycles. The van der Waals surface area contributed by atoms with Crippen LogP contribution >= 0.6 is 11.3 Å². The molecule has 0 atom stereocenters. The minimum Gasteiger partial charge on any atom is -0.497 e. The van der Waals surface area contributed by atoms with Gasteiger partial charge in [0.2, 0.25) is 0 Å². The normalized spacial score (nSPS) is 10.5. The molecule has 0 aliphatic carbocycles. The van der Waals surface area contributed by atoms with Gasteiger partial charge in [-0.2, -0.15) is 0 Å². The van der Waals surface area contributed by atoms with E-state index in [2.05, 4.69) is 20.9 Å². The highest BCUT2D eigenvalue weighted by Crippen LogP contribution is 2.26. The second-order valence-corrected chi connectivity index (χ2v) is 8.64. The van der Waals surface area contributed by atoms with Crippen molar-refractivity contribution in [2.75, 3.05) is 24.3 Å². The van der Waals surface area contributed by atoms with E-state index >= 15 is 0 Å². The molecule has 3 aromatic rings. The highest BCUT2D eigenvalue weighted by molar-refractivity contribution is 7.17. The number of carbonyl (C=O) groups is 2. The number of nitrogens with one attached hydrogen (secondary N) is 3. The molecule has 1 heterocycles. The summed E-state index contributed by atoms with van der Waals surface area (Å²) >= 11 is 1.15. The summed E-state index contributed by atoms with van der Waals surface area (Å²) in [7, 11) is 1.62. The molecule has 3 rings (SSSR count). The fraction of sp³-hybridized carbons (Fsp3) is 0.292. The minimum absolute atomic E-state index is 0.235. The zero-order chi connectivity index (χ0) is 23.3. The highest BCUT2D eigenvalue weighted by Gasteiger charge is 2.18. The number of benzene rings is 2. The molecule has 8 heteroatoms. The Morgan fingerprint density at radius 2 is 1.75 bits per heavy atom. The largest absolute Gasteiger partial charge is 0.497 e. The fourth-order valence-electron chi connectivity index (χ4n) is 3.50. The van der Waals surface area contributed by atoms with Gasteiger partial charge in [-0.3, -0.25) is 10.1 Å². The van der Waals surface area contributed by atoms with Crippen molar-refractivity contribution in [3.05, 3.63) is 69.2 Å². The lowest BCUT2D eigenvalue weighted by Crippen LogP contribution is -2.30. The van der Waals surface area contributed by atoms with Crippen molar-refractivity contribution >= 4 is 34.1 Å². The zero-order valence-corrected chi connectivity index (χ0v) is 19.8. The van der Waals surface area contributed by atoms with Crippen LogP contribution in [0.3, 0.4) is 0 Å². The number of hydrogen-bond acceptors (Lipinski definition) is 5. The Bertz CT molecular complexity index is 1120. The van der Waals surface area contributed by atoms with Crippen LogP contribution in [0.5, 0.6) is 5.75 Å². The summed E-state index contributed by atoms with van der Waals surface area (Å²) in [5, 5.41) is 8.89. The van der Waals surface area contributed by atoms with Crippen LogP contribution in [0.25, 0.3) is 0 Å². The van der Waals surface area contributed by atoms with Crippen LogP contribution < -0.4 is 20.7 Å². The molecule has 0 aliphatic heterocycles. The molecule has 2 aromatic carbocycles. The number of aryl methyl sites for hydroxylation is 4. The maximum atomic E-state index is 12.8. The van der Waals surface area contributed by atoms with Gasteiger partial charge in [0.25, 0.3) is 5.91 Å². The third-order valence-corrected chi connectivity index (χ3v) is 6.04.